The summed E-state index contributed by atoms with van der Waals surface area (Å²) in [4.78, 5) is 10.2. The lowest BCUT2D eigenvalue weighted by Gasteiger charge is -2.39. The average Bonchev–Trinajstić information content (AvgIpc) is 3.17. The first-order chi connectivity index (χ1) is 13.8. The highest BCUT2D eigenvalue weighted by Gasteiger charge is 2.39. The molecule has 0 amide bonds. The highest BCUT2D eigenvalue weighted by Crippen LogP contribution is 2.33. The molecule has 1 aromatic carbocycles. The van der Waals surface area contributed by atoms with E-state index in [9.17, 15) is 12.8 Å². The SMILES string of the molecule is CN(c1nc(Nc2cccc(S(N)(=O)=O)c2)ncc1F)C1CCCC2NNCC21. The van der Waals surface area contributed by atoms with Gasteiger partial charge in [0.2, 0.25) is 16.0 Å². The minimum atomic E-state index is -3.83. The number of benzene rings is 1. The molecule has 2 heterocycles. The van der Waals surface area contributed by atoms with Crippen LogP contribution in [0.3, 0.4) is 0 Å². The predicted molar refractivity (Wildman–Crippen MR) is 108 cm³/mol. The third kappa shape index (κ3) is 4.17. The number of aromatic nitrogens is 2. The van der Waals surface area contributed by atoms with E-state index in [1.165, 1.54) is 12.1 Å². The third-order valence-electron chi connectivity index (χ3n) is 5.63. The van der Waals surface area contributed by atoms with Gasteiger partial charge in [-0.05, 0) is 37.5 Å². The van der Waals surface area contributed by atoms with Crippen LogP contribution in [0, 0.1) is 11.7 Å². The first kappa shape index (κ1) is 20.0. The zero-order valence-corrected chi connectivity index (χ0v) is 16.8. The van der Waals surface area contributed by atoms with Gasteiger partial charge in [-0.25, -0.2) is 22.9 Å². The summed E-state index contributed by atoms with van der Waals surface area (Å²) >= 11 is 0. The van der Waals surface area contributed by atoms with E-state index >= 15 is 0 Å². The second-order valence-electron chi connectivity index (χ2n) is 7.47. The quantitative estimate of drug-likeness (QED) is 0.565. The molecule has 3 atom stereocenters. The molecule has 9 nitrogen and oxygen atoms in total. The van der Waals surface area contributed by atoms with Gasteiger partial charge in [0, 0.05) is 37.3 Å². The Labute approximate surface area is 168 Å². The second-order valence-corrected chi connectivity index (χ2v) is 9.03. The van der Waals surface area contributed by atoms with Gasteiger partial charge in [-0.2, -0.15) is 4.98 Å². The van der Waals surface area contributed by atoms with Crippen molar-refractivity contribution >= 4 is 27.5 Å². The van der Waals surface area contributed by atoms with E-state index in [0.717, 1.165) is 32.0 Å². The van der Waals surface area contributed by atoms with Crippen molar-refractivity contribution in [1.29, 1.82) is 0 Å². The minimum Gasteiger partial charge on any atom is -0.354 e. The van der Waals surface area contributed by atoms with Gasteiger partial charge < -0.3 is 10.2 Å². The van der Waals surface area contributed by atoms with Crippen LogP contribution in [-0.4, -0.2) is 44.1 Å². The third-order valence-corrected chi connectivity index (χ3v) is 6.54. The standard InChI is InChI=1S/C18H24FN7O2S/c1-26(16-7-3-6-15-13(16)9-22-25-15)17-14(19)10-21-18(24-17)23-11-4-2-5-12(8-11)29(20,27)28/h2,4-5,8,10,13,15-16,22,25H,3,6-7,9H2,1H3,(H2,20,27,28)(H,21,23,24). The van der Waals surface area contributed by atoms with Crippen LogP contribution in [0.1, 0.15) is 19.3 Å². The predicted octanol–water partition coefficient (Wildman–Crippen LogP) is 1.09. The molecule has 1 aliphatic heterocycles. The molecule has 1 saturated carbocycles. The molecule has 1 saturated heterocycles. The van der Waals surface area contributed by atoms with Crippen molar-refractivity contribution in [2.24, 2.45) is 11.1 Å². The molecule has 156 valence electrons. The Balaban J connectivity index is 1.58. The molecule has 2 fully saturated rings. The van der Waals surface area contributed by atoms with E-state index < -0.39 is 15.8 Å². The van der Waals surface area contributed by atoms with Crippen molar-refractivity contribution < 1.29 is 12.8 Å². The number of nitrogens with one attached hydrogen (secondary N) is 3. The number of rotatable bonds is 5. The van der Waals surface area contributed by atoms with E-state index in [0.29, 0.717) is 17.6 Å². The Morgan fingerprint density at radius 2 is 2.17 bits per heavy atom. The lowest BCUT2D eigenvalue weighted by atomic mass is 9.81. The fourth-order valence-corrected chi connectivity index (χ4v) is 4.75. The van der Waals surface area contributed by atoms with E-state index in [-0.39, 0.29) is 22.7 Å². The van der Waals surface area contributed by atoms with E-state index in [2.05, 4.69) is 26.1 Å². The first-order valence-electron chi connectivity index (χ1n) is 9.46. The Bertz CT molecular complexity index is 1000. The van der Waals surface area contributed by atoms with Crippen molar-refractivity contribution in [2.75, 3.05) is 23.8 Å². The summed E-state index contributed by atoms with van der Waals surface area (Å²) in [7, 11) is -1.98. The van der Waals surface area contributed by atoms with Crippen LogP contribution >= 0.6 is 0 Å². The molecular formula is C18H24FN7O2S. The monoisotopic (exact) mass is 421 g/mol. The van der Waals surface area contributed by atoms with E-state index in [4.69, 9.17) is 5.14 Å². The minimum absolute atomic E-state index is 0.0311. The summed E-state index contributed by atoms with van der Waals surface area (Å²) in [5.41, 5.74) is 6.94. The van der Waals surface area contributed by atoms with Crippen LogP contribution in [-0.2, 0) is 10.0 Å². The molecule has 1 aromatic heterocycles. The number of anilines is 3. The summed E-state index contributed by atoms with van der Waals surface area (Å²) < 4.78 is 37.6. The van der Waals surface area contributed by atoms with Crippen LogP contribution in [0.5, 0.6) is 0 Å². The number of halogens is 1. The molecule has 29 heavy (non-hydrogen) atoms. The second kappa shape index (κ2) is 7.82. The zero-order chi connectivity index (χ0) is 20.6. The topological polar surface area (TPSA) is 125 Å². The largest absolute Gasteiger partial charge is 0.354 e. The molecule has 5 N–H and O–H groups in total. The van der Waals surface area contributed by atoms with Gasteiger partial charge in [-0.1, -0.05) is 6.07 Å². The van der Waals surface area contributed by atoms with Gasteiger partial charge in [0.15, 0.2) is 11.6 Å². The smallest absolute Gasteiger partial charge is 0.238 e. The maximum Gasteiger partial charge on any atom is 0.238 e. The van der Waals surface area contributed by atoms with Gasteiger partial charge in [-0.3, -0.25) is 10.9 Å². The molecule has 0 spiro atoms. The molecule has 3 unspecified atom stereocenters. The summed E-state index contributed by atoms with van der Waals surface area (Å²) in [6.07, 6.45) is 4.24. The normalized spacial score (nSPS) is 24.2. The maximum absolute atomic E-state index is 14.6. The molecule has 1 aliphatic carbocycles. The Hall–Kier alpha value is -2.34. The fourth-order valence-electron chi connectivity index (χ4n) is 4.19. The molecule has 4 rings (SSSR count). The summed E-state index contributed by atoms with van der Waals surface area (Å²) in [5.74, 6) is 0.251. The van der Waals surface area contributed by atoms with Gasteiger partial charge >= 0.3 is 0 Å². The number of sulfonamides is 1. The van der Waals surface area contributed by atoms with Gasteiger partial charge in [-0.15, -0.1) is 0 Å². The molecule has 11 heteroatoms. The Morgan fingerprint density at radius 3 is 2.97 bits per heavy atom. The Kier molecular flexibility index (Phi) is 5.38. The number of fused-ring (bicyclic) bond motifs is 1. The van der Waals surface area contributed by atoms with Crippen molar-refractivity contribution in [3.63, 3.8) is 0 Å². The molecule has 0 bridgehead atoms. The number of hydrogen-bond donors (Lipinski definition) is 4. The lowest BCUT2D eigenvalue weighted by Crippen LogP contribution is -2.47. The van der Waals surface area contributed by atoms with Gasteiger partial charge in [0.25, 0.3) is 0 Å². The van der Waals surface area contributed by atoms with Crippen LogP contribution in [0.4, 0.5) is 21.8 Å². The van der Waals surface area contributed by atoms with Crippen molar-refractivity contribution in [1.82, 2.24) is 20.8 Å². The molecular weight excluding hydrogens is 397 g/mol. The van der Waals surface area contributed by atoms with Crippen molar-refractivity contribution in [3.8, 4) is 0 Å². The molecule has 2 aliphatic rings. The highest BCUT2D eigenvalue weighted by molar-refractivity contribution is 7.89. The first-order valence-corrected chi connectivity index (χ1v) is 11.0. The van der Waals surface area contributed by atoms with Crippen LogP contribution in [0.2, 0.25) is 0 Å². The van der Waals surface area contributed by atoms with Crippen molar-refractivity contribution in [2.45, 2.75) is 36.2 Å². The maximum atomic E-state index is 14.6. The van der Waals surface area contributed by atoms with Gasteiger partial charge in [0.1, 0.15) is 0 Å². The van der Waals surface area contributed by atoms with Crippen LogP contribution < -0.4 is 26.2 Å². The number of hydrazine groups is 1. The average molecular weight is 422 g/mol. The highest BCUT2D eigenvalue weighted by atomic mass is 32.2. The van der Waals surface area contributed by atoms with E-state index in [1.54, 1.807) is 12.1 Å². The fraction of sp³-hybridized carbons (Fsp3) is 0.444. The molecule has 0 radical (unpaired) electrons. The van der Waals surface area contributed by atoms with Crippen LogP contribution in [0.15, 0.2) is 35.4 Å². The summed E-state index contributed by atoms with van der Waals surface area (Å²) in [5, 5.41) is 8.10. The summed E-state index contributed by atoms with van der Waals surface area (Å²) in [6, 6.07) is 6.52. The number of nitrogens with two attached hydrogens (primary N) is 1. The molecule has 2 aromatic rings. The Morgan fingerprint density at radius 1 is 1.34 bits per heavy atom. The summed E-state index contributed by atoms with van der Waals surface area (Å²) in [6.45, 7) is 0.831. The van der Waals surface area contributed by atoms with Crippen LogP contribution in [0.25, 0.3) is 0 Å². The van der Waals surface area contributed by atoms with Gasteiger partial charge in [0.05, 0.1) is 11.1 Å². The van der Waals surface area contributed by atoms with E-state index in [1.807, 2.05) is 11.9 Å². The zero-order valence-electron chi connectivity index (χ0n) is 16.0. The number of nitrogens with zero attached hydrogens (tertiary/aromatic N) is 3. The number of primary sulfonamides is 1. The number of hydrogen-bond acceptors (Lipinski definition) is 8. The van der Waals surface area contributed by atoms with Crippen molar-refractivity contribution in [3.05, 3.63) is 36.3 Å². The lowest BCUT2D eigenvalue weighted by molar-refractivity contribution is 0.283.